The minimum absolute atomic E-state index is 0.00416. The van der Waals surface area contributed by atoms with Crippen LogP contribution in [0.25, 0.3) is 11.4 Å². The number of aromatic amines is 1. The minimum atomic E-state index is -0.534. The summed E-state index contributed by atoms with van der Waals surface area (Å²) >= 11 is 0. The fourth-order valence-electron chi connectivity index (χ4n) is 2.03. The lowest BCUT2D eigenvalue weighted by molar-refractivity contribution is -0.121. The molecule has 0 fully saturated rings. The van der Waals surface area contributed by atoms with Crippen molar-refractivity contribution in [2.24, 2.45) is 0 Å². The van der Waals surface area contributed by atoms with Gasteiger partial charge in [0, 0.05) is 6.42 Å². The zero-order valence-corrected chi connectivity index (χ0v) is 12.5. The van der Waals surface area contributed by atoms with Gasteiger partial charge < -0.3 is 15.4 Å². The summed E-state index contributed by atoms with van der Waals surface area (Å²) in [5.74, 6) is 0.0458. The molecule has 1 heterocycles. The normalized spacial score (nSPS) is 11.9. The molecule has 7 heteroatoms. The Morgan fingerprint density at radius 3 is 2.73 bits per heavy atom. The standard InChI is InChI=1S/C15H18N4O3/c1-3-6-12(21)16-9(2)13-15(22)17-14(19-18-13)10-7-4-5-8-11(10)20/h4-5,7-9,20H,3,6H2,1-2H3,(H,16,21)(H,17,19,22). The monoisotopic (exact) mass is 302 g/mol. The third-order valence-corrected chi connectivity index (χ3v) is 3.15. The van der Waals surface area contributed by atoms with Gasteiger partial charge in [-0.1, -0.05) is 19.1 Å². The molecule has 22 heavy (non-hydrogen) atoms. The van der Waals surface area contributed by atoms with E-state index < -0.39 is 11.6 Å². The second-order valence-corrected chi connectivity index (χ2v) is 4.94. The predicted molar refractivity (Wildman–Crippen MR) is 81.2 cm³/mol. The molecule has 1 atom stereocenters. The van der Waals surface area contributed by atoms with Crippen LogP contribution < -0.4 is 10.9 Å². The molecule has 0 aliphatic heterocycles. The first-order valence-electron chi connectivity index (χ1n) is 7.07. The number of aromatic nitrogens is 3. The fraction of sp³-hybridized carbons (Fsp3) is 0.333. The number of hydrogen-bond donors (Lipinski definition) is 3. The van der Waals surface area contributed by atoms with E-state index in [0.29, 0.717) is 12.0 Å². The molecule has 2 rings (SSSR count). The van der Waals surface area contributed by atoms with Crippen LogP contribution in [0, 0.1) is 0 Å². The lowest BCUT2D eigenvalue weighted by Gasteiger charge is -2.12. The molecule has 2 aromatic rings. The van der Waals surface area contributed by atoms with E-state index >= 15 is 0 Å². The summed E-state index contributed by atoms with van der Waals surface area (Å²) in [6.45, 7) is 3.57. The zero-order valence-electron chi connectivity index (χ0n) is 12.5. The van der Waals surface area contributed by atoms with Crippen LogP contribution in [0.5, 0.6) is 5.75 Å². The maximum atomic E-state index is 12.1. The minimum Gasteiger partial charge on any atom is -0.507 e. The van der Waals surface area contributed by atoms with Gasteiger partial charge in [0.05, 0.1) is 11.6 Å². The molecule has 1 aromatic heterocycles. The molecule has 0 saturated carbocycles. The third kappa shape index (κ3) is 3.49. The van der Waals surface area contributed by atoms with Crippen molar-refractivity contribution in [3.8, 4) is 17.1 Å². The molecule has 0 saturated heterocycles. The molecule has 7 nitrogen and oxygen atoms in total. The number of rotatable bonds is 5. The van der Waals surface area contributed by atoms with E-state index in [2.05, 4.69) is 20.5 Å². The van der Waals surface area contributed by atoms with Crippen molar-refractivity contribution in [3.05, 3.63) is 40.3 Å². The number of amides is 1. The molecule has 0 spiro atoms. The molecule has 0 aliphatic carbocycles. The summed E-state index contributed by atoms with van der Waals surface area (Å²) in [4.78, 5) is 26.3. The highest BCUT2D eigenvalue weighted by Gasteiger charge is 2.16. The number of nitrogens with one attached hydrogen (secondary N) is 2. The van der Waals surface area contributed by atoms with Gasteiger partial charge in [-0.15, -0.1) is 10.2 Å². The van der Waals surface area contributed by atoms with Gasteiger partial charge in [-0.25, -0.2) is 0 Å². The lowest BCUT2D eigenvalue weighted by atomic mass is 10.2. The number of carbonyl (C=O) groups is 1. The van der Waals surface area contributed by atoms with Gasteiger partial charge in [-0.3, -0.25) is 9.59 Å². The molecule has 0 aliphatic rings. The Bertz CT molecular complexity index is 727. The molecular weight excluding hydrogens is 284 g/mol. The van der Waals surface area contributed by atoms with Crippen LogP contribution in [0.4, 0.5) is 0 Å². The van der Waals surface area contributed by atoms with E-state index in [1.165, 1.54) is 6.07 Å². The summed E-state index contributed by atoms with van der Waals surface area (Å²) in [7, 11) is 0. The largest absolute Gasteiger partial charge is 0.507 e. The Morgan fingerprint density at radius 2 is 2.09 bits per heavy atom. The van der Waals surface area contributed by atoms with Crippen molar-refractivity contribution >= 4 is 5.91 Å². The first-order valence-corrected chi connectivity index (χ1v) is 7.07. The zero-order chi connectivity index (χ0) is 16.1. The van der Waals surface area contributed by atoms with E-state index in [9.17, 15) is 14.7 Å². The van der Waals surface area contributed by atoms with Crippen LogP contribution in [0.2, 0.25) is 0 Å². The van der Waals surface area contributed by atoms with Crippen LogP contribution in [-0.2, 0) is 4.79 Å². The highest BCUT2D eigenvalue weighted by Crippen LogP contribution is 2.24. The first-order chi connectivity index (χ1) is 10.5. The summed E-state index contributed by atoms with van der Waals surface area (Å²) in [6.07, 6.45) is 1.12. The summed E-state index contributed by atoms with van der Waals surface area (Å²) in [6, 6.07) is 5.98. The van der Waals surface area contributed by atoms with Crippen molar-refractivity contribution < 1.29 is 9.90 Å². The average Bonchev–Trinajstić information content (AvgIpc) is 2.47. The Labute approximate surface area is 127 Å². The number of hydrogen-bond acceptors (Lipinski definition) is 5. The fourth-order valence-corrected chi connectivity index (χ4v) is 2.03. The van der Waals surface area contributed by atoms with E-state index in [1.54, 1.807) is 25.1 Å². The first kappa shape index (κ1) is 15.7. The maximum absolute atomic E-state index is 12.1. The van der Waals surface area contributed by atoms with Gasteiger partial charge in [-0.05, 0) is 25.5 Å². The van der Waals surface area contributed by atoms with E-state index in [4.69, 9.17) is 0 Å². The summed E-state index contributed by atoms with van der Waals surface area (Å²) < 4.78 is 0. The summed E-state index contributed by atoms with van der Waals surface area (Å²) in [5.41, 5.74) is 0.0718. The predicted octanol–water partition coefficient (Wildman–Crippen LogP) is 1.51. The average molecular weight is 302 g/mol. The van der Waals surface area contributed by atoms with Gasteiger partial charge in [0.1, 0.15) is 5.75 Å². The van der Waals surface area contributed by atoms with Crippen LogP contribution in [0.3, 0.4) is 0 Å². The molecule has 0 bridgehead atoms. The molecule has 1 aromatic carbocycles. The third-order valence-electron chi connectivity index (χ3n) is 3.15. The van der Waals surface area contributed by atoms with Gasteiger partial charge in [0.15, 0.2) is 11.5 Å². The maximum Gasteiger partial charge on any atom is 0.275 e. The van der Waals surface area contributed by atoms with E-state index in [1.807, 2.05) is 6.92 Å². The lowest BCUT2D eigenvalue weighted by Crippen LogP contribution is -2.32. The topological polar surface area (TPSA) is 108 Å². The summed E-state index contributed by atoms with van der Waals surface area (Å²) in [5, 5.41) is 20.3. The van der Waals surface area contributed by atoms with Crippen molar-refractivity contribution in [1.82, 2.24) is 20.5 Å². The second kappa shape index (κ2) is 6.84. The molecular formula is C15H18N4O3. The Hall–Kier alpha value is -2.70. The molecule has 3 N–H and O–H groups in total. The highest BCUT2D eigenvalue weighted by molar-refractivity contribution is 5.76. The Morgan fingerprint density at radius 1 is 1.36 bits per heavy atom. The van der Waals surface area contributed by atoms with Crippen molar-refractivity contribution in [2.45, 2.75) is 32.7 Å². The Balaban J connectivity index is 2.25. The van der Waals surface area contributed by atoms with Crippen LogP contribution in [0.15, 0.2) is 29.1 Å². The van der Waals surface area contributed by atoms with Crippen molar-refractivity contribution in [1.29, 1.82) is 0 Å². The number of para-hydroxylation sites is 1. The number of H-pyrrole nitrogens is 1. The van der Waals surface area contributed by atoms with E-state index in [0.717, 1.165) is 6.42 Å². The number of nitrogens with zero attached hydrogens (tertiary/aromatic N) is 2. The number of carbonyl (C=O) groups excluding carboxylic acids is 1. The molecule has 1 amide bonds. The van der Waals surface area contributed by atoms with Gasteiger partial charge >= 0.3 is 0 Å². The number of benzene rings is 1. The molecule has 116 valence electrons. The smallest absolute Gasteiger partial charge is 0.275 e. The van der Waals surface area contributed by atoms with Gasteiger partial charge in [0.2, 0.25) is 5.91 Å². The van der Waals surface area contributed by atoms with Crippen molar-refractivity contribution in [2.75, 3.05) is 0 Å². The van der Waals surface area contributed by atoms with E-state index in [-0.39, 0.29) is 23.2 Å². The van der Waals surface area contributed by atoms with Crippen LogP contribution in [-0.4, -0.2) is 26.2 Å². The van der Waals surface area contributed by atoms with Crippen molar-refractivity contribution in [3.63, 3.8) is 0 Å². The quantitative estimate of drug-likeness (QED) is 0.776. The Kier molecular flexibility index (Phi) is 4.88. The molecule has 0 radical (unpaired) electrons. The number of phenolic OH excluding ortho intramolecular Hbond substituents is 1. The van der Waals surface area contributed by atoms with Crippen LogP contribution >= 0.6 is 0 Å². The number of phenols is 1. The number of aromatic hydroxyl groups is 1. The highest BCUT2D eigenvalue weighted by atomic mass is 16.3. The van der Waals surface area contributed by atoms with Gasteiger partial charge in [-0.2, -0.15) is 0 Å². The molecule has 1 unspecified atom stereocenters. The second-order valence-electron chi connectivity index (χ2n) is 4.94. The van der Waals surface area contributed by atoms with Gasteiger partial charge in [0.25, 0.3) is 5.56 Å². The SMILES string of the molecule is CCCC(=O)NC(C)c1nnc(-c2ccccc2O)[nH]c1=O. The van der Waals surface area contributed by atoms with Crippen LogP contribution in [0.1, 0.15) is 38.4 Å².